The predicted octanol–water partition coefficient (Wildman–Crippen LogP) is 4.90. The molecule has 0 saturated heterocycles. The van der Waals surface area contributed by atoms with Crippen LogP contribution in [0.1, 0.15) is 13.8 Å². The molecule has 0 aliphatic carbocycles. The van der Waals surface area contributed by atoms with Crippen LogP contribution >= 0.6 is 11.3 Å². The molecule has 3 aromatic rings. The maximum absolute atomic E-state index is 4.64. The SMILES string of the molecule is CC.c1ccc(-c2csc(-c3ccncc3)n2)cc1. The summed E-state index contributed by atoms with van der Waals surface area (Å²) in [5.74, 6) is 0. The van der Waals surface area contributed by atoms with E-state index in [4.69, 9.17) is 0 Å². The van der Waals surface area contributed by atoms with Crippen LogP contribution in [0, 0.1) is 0 Å². The molecule has 0 bridgehead atoms. The summed E-state index contributed by atoms with van der Waals surface area (Å²) >= 11 is 1.66. The Kier molecular flexibility index (Phi) is 4.81. The van der Waals surface area contributed by atoms with Crippen molar-refractivity contribution in [3.63, 3.8) is 0 Å². The van der Waals surface area contributed by atoms with Gasteiger partial charge in [0.05, 0.1) is 5.69 Å². The molecule has 2 nitrogen and oxygen atoms in total. The number of hydrogen-bond acceptors (Lipinski definition) is 3. The maximum Gasteiger partial charge on any atom is 0.124 e. The predicted molar refractivity (Wildman–Crippen MR) is 82.1 cm³/mol. The lowest BCUT2D eigenvalue weighted by Crippen LogP contribution is -1.79. The molecule has 0 spiro atoms. The second kappa shape index (κ2) is 6.81. The summed E-state index contributed by atoms with van der Waals surface area (Å²) in [5, 5.41) is 3.12. The number of aromatic nitrogens is 2. The van der Waals surface area contributed by atoms with Crippen molar-refractivity contribution in [2.75, 3.05) is 0 Å². The van der Waals surface area contributed by atoms with Crippen molar-refractivity contribution in [3.05, 3.63) is 60.2 Å². The maximum atomic E-state index is 4.64. The summed E-state index contributed by atoms with van der Waals surface area (Å²) in [6, 6.07) is 14.2. The first-order valence-corrected chi connectivity index (χ1v) is 7.23. The highest BCUT2D eigenvalue weighted by atomic mass is 32.1. The Hall–Kier alpha value is -2.00. The molecule has 2 heterocycles. The molecule has 0 aliphatic heterocycles. The number of benzene rings is 1. The van der Waals surface area contributed by atoms with Gasteiger partial charge in [-0.15, -0.1) is 11.3 Å². The first kappa shape index (κ1) is 13.4. The first-order valence-electron chi connectivity index (χ1n) is 6.35. The van der Waals surface area contributed by atoms with Crippen molar-refractivity contribution in [3.8, 4) is 21.8 Å². The van der Waals surface area contributed by atoms with Gasteiger partial charge in [0.2, 0.25) is 0 Å². The van der Waals surface area contributed by atoms with Crippen LogP contribution in [-0.2, 0) is 0 Å². The highest BCUT2D eigenvalue weighted by Gasteiger charge is 2.05. The van der Waals surface area contributed by atoms with Crippen molar-refractivity contribution in [2.24, 2.45) is 0 Å². The Bertz CT molecular complexity index is 549. The largest absolute Gasteiger partial charge is 0.265 e. The van der Waals surface area contributed by atoms with Gasteiger partial charge in [0.25, 0.3) is 0 Å². The van der Waals surface area contributed by atoms with Gasteiger partial charge in [0.1, 0.15) is 5.01 Å². The molecule has 0 aliphatic rings. The minimum atomic E-state index is 1.03. The molecule has 0 fully saturated rings. The van der Waals surface area contributed by atoms with E-state index >= 15 is 0 Å². The van der Waals surface area contributed by atoms with E-state index in [2.05, 4.69) is 27.5 Å². The Labute approximate surface area is 117 Å². The van der Waals surface area contributed by atoms with Crippen LogP contribution in [0.3, 0.4) is 0 Å². The fraction of sp³-hybridized carbons (Fsp3) is 0.125. The molecule has 96 valence electrons. The van der Waals surface area contributed by atoms with E-state index in [1.807, 2.05) is 44.2 Å². The standard InChI is InChI=1S/C14H10N2S.C2H6/c1-2-4-11(5-3-1)13-10-17-14(16-13)12-6-8-15-9-7-12;1-2/h1-10H;1-2H3. The van der Waals surface area contributed by atoms with E-state index in [9.17, 15) is 0 Å². The monoisotopic (exact) mass is 268 g/mol. The minimum absolute atomic E-state index is 1.03. The summed E-state index contributed by atoms with van der Waals surface area (Å²) < 4.78 is 0. The molecule has 2 aromatic heterocycles. The average Bonchev–Trinajstić information content (AvgIpc) is 3.01. The molecule has 1 aromatic carbocycles. The molecule has 0 N–H and O–H groups in total. The lowest BCUT2D eigenvalue weighted by atomic mass is 10.2. The van der Waals surface area contributed by atoms with Crippen molar-refractivity contribution in [2.45, 2.75) is 13.8 Å². The fourth-order valence-electron chi connectivity index (χ4n) is 1.64. The molecular formula is C16H16N2S. The second-order valence-corrected chi connectivity index (χ2v) is 4.50. The van der Waals surface area contributed by atoms with E-state index in [0.29, 0.717) is 0 Å². The fourth-order valence-corrected chi connectivity index (χ4v) is 2.48. The zero-order chi connectivity index (χ0) is 13.5. The van der Waals surface area contributed by atoms with Gasteiger partial charge in [-0.1, -0.05) is 44.2 Å². The summed E-state index contributed by atoms with van der Waals surface area (Å²) in [6.07, 6.45) is 3.58. The zero-order valence-electron chi connectivity index (χ0n) is 11.1. The summed E-state index contributed by atoms with van der Waals surface area (Å²) in [5.41, 5.74) is 3.30. The van der Waals surface area contributed by atoms with Gasteiger partial charge in [-0.25, -0.2) is 4.98 Å². The number of pyridine rings is 1. The Balaban J connectivity index is 0.000000637. The van der Waals surface area contributed by atoms with Gasteiger partial charge in [-0.05, 0) is 12.1 Å². The van der Waals surface area contributed by atoms with Gasteiger partial charge < -0.3 is 0 Å². The average molecular weight is 268 g/mol. The van der Waals surface area contributed by atoms with Crippen LogP contribution in [0.25, 0.3) is 21.8 Å². The van der Waals surface area contributed by atoms with Crippen LogP contribution in [0.4, 0.5) is 0 Å². The number of nitrogens with zero attached hydrogens (tertiary/aromatic N) is 2. The summed E-state index contributed by atoms with van der Waals surface area (Å²) in [6.45, 7) is 4.00. The van der Waals surface area contributed by atoms with Gasteiger partial charge in [0.15, 0.2) is 0 Å². The number of rotatable bonds is 2. The van der Waals surface area contributed by atoms with Gasteiger partial charge in [0, 0.05) is 28.9 Å². The lowest BCUT2D eigenvalue weighted by Gasteiger charge is -1.95. The molecule has 0 atom stereocenters. The third-order valence-corrected chi connectivity index (χ3v) is 3.39. The molecule has 0 unspecified atom stereocenters. The molecule has 3 heteroatoms. The summed E-state index contributed by atoms with van der Waals surface area (Å²) in [4.78, 5) is 8.65. The smallest absolute Gasteiger partial charge is 0.124 e. The van der Waals surface area contributed by atoms with Crippen LogP contribution in [0.5, 0.6) is 0 Å². The van der Waals surface area contributed by atoms with Crippen molar-refractivity contribution in [1.29, 1.82) is 0 Å². The van der Waals surface area contributed by atoms with Crippen molar-refractivity contribution >= 4 is 11.3 Å². The Morgan fingerprint density at radius 3 is 2.21 bits per heavy atom. The van der Waals surface area contributed by atoms with Crippen LogP contribution in [-0.4, -0.2) is 9.97 Å². The molecule has 19 heavy (non-hydrogen) atoms. The van der Waals surface area contributed by atoms with E-state index < -0.39 is 0 Å². The second-order valence-electron chi connectivity index (χ2n) is 3.64. The molecule has 0 saturated carbocycles. The molecule has 3 rings (SSSR count). The van der Waals surface area contributed by atoms with Gasteiger partial charge >= 0.3 is 0 Å². The topological polar surface area (TPSA) is 25.8 Å². The van der Waals surface area contributed by atoms with E-state index in [-0.39, 0.29) is 0 Å². The Morgan fingerprint density at radius 1 is 0.842 bits per heavy atom. The quantitative estimate of drug-likeness (QED) is 0.660. The van der Waals surface area contributed by atoms with Crippen molar-refractivity contribution in [1.82, 2.24) is 9.97 Å². The Morgan fingerprint density at radius 2 is 1.53 bits per heavy atom. The van der Waals surface area contributed by atoms with Gasteiger partial charge in [-0.2, -0.15) is 0 Å². The molecule has 0 radical (unpaired) electrons. The summed E-state index contributed by atoms with van der Waals surface area (Å²) in [7, 11) is 0. The highest BCUT2D eigenvalue weighted by Crippen LogP contribution is 2.28. The van der Waals surface area contributed by atoms with Crippen LogP contribution < -0.4 is 0 Å². The van der Waals surface area contributed by atoms with Crippen molar-refractivity contribution < 1.29 is 0 Å². The zero-order valence-corrected chi connectivity index (χ0v) is 11.9. The van der Waals surface area contributed by atoms with Gasteiger partial charge in [-0.3, -0.25) is 4.98 Å². The molecule has 0 amide bonds. The van der Waals surface area contributed by atoms with Crippen LogP contribution in [0.2, 0.25) is 0 Å². The van der Waals surface area contributed by atoms with E-state index in [0.717, 1.165) is 21.8 Å². The third kappa shape index (κ3) is 3.26. The van der Waals surface area contributed by atoms with E-state index in [1.54, 1.807) is 23.7 Å². The van der Waals surface area contributed by atoms with Crippen LogP contribution in [0.15, 0.2) is 60.2 Å². The van der Waals surface area contributed by atoms with E-state index in [1.165, 1.54) is 0 Å². The normalized spacial score (nSPS) is 9.58. The molecular weight excluding hydrogens is 252 g/mol. The third-order valence-electron chi connectivity index (χ3n) is 2.50. The highest BCUT2D eigenvalue weighted by molar-refractivity contribution is 7.13. The minimum Gasteiger partial charge on any atom is -0.265 e. The number of thiazole rings is 1. The lowest BCUT2D eigenvalue weighted by molar-refractivity contribution is 1.32. The number of hydrogen-bond donors (Lipinski definition) is 0. The first-order chi connectivity index (χ1) is 9.43.